The molecule has 0 bridgehead atoms. The van der Waals surface area contributed by atoms with Crippen LogP contribution in [0.5, 0.6) is 34.5 Å². The SMILES string of the molecule is CCCCCCOc1cc2c3cc(OCCCCCC)c(OCC(=O)OCCCC)cc3c3cc(OCC(=O)OCCCC)c(OCCCCCC)cc3c2cc1OCC(=O)OCCCC. The van der Waals surface area contributed by atoms with E-state index >= 15 is 0 Å². The standard InChI is InChI=1S/C54H78O12/c1-7-13-19-22-28-58-46-31-40-41-32-47(59-29-23-20-14-8-2)50(65-38-53(56)62-26-17-11-5)35-44(41)45-36-51(66-39-54(57)63-27-18-12-6)48(60-30-24-21-15-9-3)33-42(45)43(40)34-49(46)64-37-52(55)61-25-16-10-4/h31-36H,7-30,37-39H2,1-6H3. The van der Waals surface area contributed by atoms with Crippen LogP contribution in [0.25, 0.3) is 32.3 Å². The van der Waals surface area contributed by atoms with E-state index in [2.05, 4.69) is 20.8 Å². The lowest BCUT2D eigenvalue weighted by Gasteiger charge is -2.20. The molecule has 4 aromatic carbocycles. The summed E-state index contributed by atoms with van der Waals surface area (Å²) in [6, 6.07) is 11.6. The van der Waals surface area contributed by atoms with E-state index in [9.17, 15) is 14.4 Å². The van der Waals surface area contributed by atoms with Gasteiger partial charge in [0, 0.05) is 0 Å². The number of ether oxygens (including phenoxy) is 9. The Morgan fingerprint density at radius 1 is 0.288 bits per heavy atom. The molecule has 12 heteroatoms. The highest BCUT2D eigenvalue weighted by molar-refractivity contribution is 6.27. The quantitative estimate of drug-likeness (QED) is 0.0186. The number of carbonyl (C=O) groups is 3. The van der Waals surface area contributed by atoms with Crippen LogP contribution in [0.1, 0.15) is 157 Å². The molecule has 0 fully saturated rings. The maximum atomic E-state index is 12.9. The first-order valence-electron chi connectivity index (χ1n) is 25.1. The van der Waals surface area contributed by atoms with Gasteiger partial charge in [-0.3, -0.25) is 0 Å². The number of unbranched alkanes of at least 4 members (excludes halogenated alkanes) is 12. The first-order valence-corrected chi connectivity index (χ1v) is 25.1. The van der Waals surface area contributed by atoms with Gasteiger partial charge < -0.3 is 42.6 Å². The van der Waals surface area contributed by atoms with E-state index in [1.807, 2.05) is 57.2 Å². The van der Waals surface area contributed by atoms with Crippen molar-refractivity contribution < 1.29 is 57.0 Å². The van der Waals surface area contributed by atoms with Crippen molar-refractivity contribution in [2.75, 3.05) is 59.5 Å². The van der Waals surface area contributed by atoms with Gasteiger partial charge in [0.1, 0.15) is 0 Å². The van der Waals surface area contributed by atoms with E-state index in [0.29, 0.717) is 74.1 Å². The Labute approximate surface area is 393 Å². The molecule has 0 saturated carbocycles. The van der Waals surface area contributed by atoms with Gasteiger partial charge >= 0.3 is 17.9 Å². The van der Waals surface area contributed by atoms with Crippen LogP contribution in [0.4, 0.5) is 0 Å². The fraction of sp³-hybridized carbons (Fsp3) is 0.611. The fourth-order valence-electron chi connectivity index (χ4n) is 7.35. The van der Waals surface area contributed by atoms with Crippen LogP contribution < -0.4 is 28.4 Å². The number of hydrogen-bond acceptors (Lipinski definition) is 12. The number of esters is 3. The molecule has 4 rings (SSSR count). The summed E-state index contributed by atoms with van der Waals surface area (Å²) >= 11 is 0. The van der Waals surface area contributed by atoms with E-state index in [1.54, 1.807) is 0 Å². The Hall–Kier alpha value is -5.13. The van der Waals surface area contributed by atoms with Crippen molar-refractivity contribution in [2.24, 2.45) is 0 Å². The monoisotopic (exact) mass is 919 g/mol. The van der Waals surface area contributed by atoms with E-state index in [1.165, 1.54) is 0 Å². The summed E-state index contributed by atoms with van der Waals surface area (Å²) in [5.41, 5.74) is 0. The minimum Gasteiger partial charge on any atom is -0.490 e. The molecule has 0 unspecified atom stereocenters. The largest absolute Gasteiger partial charge is 0.490 e. The Balaban J connectivity index is 1.99. The van der Waals surface area contributed by atoms with Crippen molar-refractivity contribution >= 4 is 50.2 Å². The van der Waals surface area contributed by atoms with Crippen LogP contribution in [0.3, 0.4) is 0 Å². The van der Waals surface area contributed by atoms with Gasteiger partial charge in [0.15, 0.2) is 54.3 Å². The number of fused-ring (bicyclic) bond motifs is 6. The highest BCUT2D eigenvalue weighted by Crippen LogP contribution is 2.47. The van der Waals surface area contributed by atoms with E-state index in [0.717, 1.165) is 148 Å². The normalized spacial score (nSPS) is 11.2. The van der Waals surface area contributed by atoms with Crippen molar-refractivity contribution in [1.82, 2.24) is 0 Å². The van der Waals surface area contributed by atoms with Crippen molar-refractivity contribution in [3.05, 3.63) is 36.4 Å². The topological polar surface area (TPSA) is 134 Å². The van der Waals surface area contributed by atoms with Crippen molar-refractivity contribution in [3.63, 3.8) is 0 Å². The second-order valence-corrected chi connectivity index (χ2v) is 16.8. The summed E-state index contributed by atoms with van der Waals surface area (Å²) in [5.74, 6) is 1.21. The van der Waals surface area contributed by atoms with Crippen LogP contribution in [0.15, 0.2) is 36.4 Å². The lowest BCUT2D eigenvalue weighted by molar-refractivity contribution is -0.147. The minimum atomic E-state index is -0.472. The van der Waals surface area contributed by atoms with E-state index in [-0.39, 0.29) is 19.8 Å². The van der Waals surface area contributed by atoms with Crippen LogP contribution in [0, 0.1) is 0 Å². The molecule has 0 N–H and O–H groups in total. The average molecular weight is 919 g/mol. The highest BCUT2D eigenvalue weighted by Gasteiger charge is 2.22. The van der Waals surface area contributed by atoms with Gasteiger partial charge in [-0.1, -0.05) is 119 Å². The van der Waals surface area contributed by atoms with Crippen LogP contribution in [-0.4, -0.2) is 77.4 Å². The highest BCUT2D eigenvalue weighted by atomic mass is 16.6. The third-order valence-corrected chi connectivity index (χ3v) is 11.2. The molecule has 0 aliphatic rings. The number of benzene rings is 4. The first-order chi connectivity index (χ1) is 32.3. The first kappa shape index (κ1) is 53.5. The summed E-state index contributed by atoms with van der Waals surface area (Å²) in [4.78, 5) is 38.7. The summed E-state index contributed by atoms with van der Waals surface area (Å²) in [5, 5.41) is 4.78. The molecule has 12 nitrogen and oxygen atoms in total. The lowest BCUT2D eigenvalue weighted by Crippen LogP contribution is -2.16. The Morgan fingerprint density at radius 2 is 0.515 bits per heavy atom. The predicted molar refractivity (Wildman–Crippen MR) is 262 cm³/mol. The van der Waals surface area contributed by atoms with Crippen LogP contribution >= 0.6 is 0 Å². The van der Waals surface area contributed by atoms with Crippen molar-refractivity contribution in [1.29, 1.82) is 0 Å². The Morgan fingerprint density at radius 3 is 0.742 bits per heavy atom. The minimum absolute atomic E-state index is 0.289. The molecule has 0 aliphatic carbocycles. The second-order valence-electron chi connectivity index (χ2n) is 16.8. The average Bonchev–Trinajstić information content (AvgIpc) is 3.32. The van der Waals surface area contributed by atoms with Gasteiger partial charge in [-0.15, -0.1) is 0 Å². The Kier molecular flexibility index (Phi) is 25.1. The smallest absolute Gasteiger partial charge is 0.344 e. The molecular weight excluding hydrogens is 841 g/mol. The zero-order valence-corrected chi connectivity index (χ0v) is 41.0. The maximum absolute atomic E-state index is 12.9. The maximum Gasteiger partial charge on any atom is 0.344 e. The number of carbonyl (C=O) groups excluding carboxylic acids is 3. The molecule has 4 aromatic rings. The summed E-state index contributed by atoms with van der Waals surface area (Å²) in [6.07, 6.45) is 17.2. The van der Waals surface area contributed by atoms with Gasteiger partial charge in [0.25, 0.3) is 0 Å². The van der Waals surface area contributed by atoms with Gasteiger partial charge in [0.05, 0.1) is 39.6 Å². The zero-order chi connectivity index (χ0) is 47.4. The van der Waals surface area contributed by atoms with Gasteiger partial charge in [-0.25, -0.2) is 14.4 Å². The summed E-state index contributed by atoms with van der Waals surface area (Å²) in [7, 11) is 0. The second kappa shape index (κ2) is 31.0. The van der Waals surface area contributed by atoms with Gasteiger partial charge in [-0.05, 0) is 107 Å². The third-order valence-electron chi connectivity index (χ3n) is 11.2. The molecule has 0 radical (unpaired) electrons. The lowest BCUT2D eigenvalue weighted by atomic mass is 9.93. The predicted octanol–water partition coefficient (Wildman–Crippen LogP) is 13.2. The third kappa shape index (κ3) is 17.6. The van der Waals surface area contributed by atoms with Crippen molar-refractivity contribution in [2.45, 2.75) is 157 Å². The van der Waals surface area contributed by atoms with Crippen molar-refractivity contribution in [3.8, 4) is 34.5 Å². The number of hydrogen-bond donors (Lipinski definition) is 0. The number of rotatable bonds is 36. The van der Waals surface area contributed by atoms with Crippen LogP contribution in [0.2, 0.25) is 0 Å². The Bertz CT molecular complexity index is 2080. The molecule has 0 saturated heterocycles. The van der Waals surface area contributed by atoms with Gasteiger partial charge in [-0.2, -0.15) is 0 Å². The molecule has 66 heavy (non-hydrogen) atoms. The zero-order valence-electron chi connectivity index (χ0n) is 41.0. The molecule has 0 amide bonds. The summed E-state index contributed by atoms with van der Waals surface area (Å²) < 4.78 is 54.6. The molecule has 0 aromatic heterocycles. The van der Waals surface area contributed by atoms with E-state index < -0.39 is 17.9 Å². The summed E-state index contributed by atoms with van der Waals surface area (Å²) in [6.45, 7) is 14.1. The van der Waals surface area contributed by atoms with Gasteiger partial charge in [0.2, 0.25) is 0 Å². The molecule has 0 aliphatic heterocycles. The molecule has 0 atom stereocenters. The molecular formula is C54H78O12. The fourth-order valence-corrected chi connectivity index (χ4v) is 7.35. The molecule has 0 heterocycles. The molecule has 0 spiro atoms. The molecule has 366 valence electrons. The van der Waals surface area contributed by atoms with E-state index in [4.69, 9.17) is 42.6 Å². The van der Waals surface area contributed by atoms with Crippen LogP contribution in [-0.2, 0) is 28.6 Å².